The molecule has 9 heavy (non-hydrogen) atoms. The summed E-state index contributed by atoms with van der Waals surface area (Å²) in [5, 5.41) is 0. The van der Waals surface area contributed by atoms with Crippen LogP contribution < -0.4 is 5.73 Å². The van der Waals surface area contributed by atoms with E-state index in [0.29, 0.717) is 12.0 Å². The molecular weight excluding hydrogens is 138 g/mol. The van der Waals surface area contributed by atoms with E-state index in [4.69, 9.17) is 10.5 Å². The predicted octanol–water partition coefficient (Wildman–Crippen LogP) is 0.792. The first kappa shape index (κ1) is 9.21. The van der Waals surface area contributed by atoms with Crippen molar-refractivity contribution in [2.75, 3.05) is 13.2 Å². The molecule has 2 atom stereocenters. The zero-order valence-electron chi connectivity index (χ0n) is 5.67. The number of rotatable bonds is 0. The van der Waals surface area contributed by atoms with Crippen molar-refractivity contribution in [3.8, 4) is 0 Å². The third-order valence-electron chi connectivity index (χ3n) is 1.71. The molecule has 0 saturated carbocycles. The van der Waals surface area contributed by atoms with Crippen molar-refractivity contribution in [3.05, 3.63) is 0 Å². The minimum atomic E-state index is 0. The van der Waals surface area contributed by atoms with Gasteiger partial charge in [0.15, 0.2) is 0 Å². The molecule has 0 unspecified atom stereocenters. The molecule has 0 aromatic heterocycles. The molecular formula is C6H14ClNO. The zero-order chi connectivity index (χ0) is 5.98. The largest absolute Gasteiger partial charge is 0.381 e. The Labute approximate surface area is 62.2 Å². The van der Waals surface area contributed by atoms with E-state index in [1.54, 1.807) is 0 Å². The number of ether oxygens (including phenoxy) is 1. The number of hydrogen-bond acceptors (Lipinski definition) is 2. The van der Waals surface area contributed by atoms with E-state index >= 15 is 0 Å². The Kier molecular flexibility index (Phi) is 4.19. The maximum absolute atomic E-state index is 5.70. The molecule has 1 heterocycles. The van der Waals surface area contributed by atoms with Gasteiger partial charge < -0.3 is 10.5 Å². The van der Waals surface area contributed by atoms with Crippen LogP contribution in [-0.2, 0) is 4.74 Å². The van der Waals surface area contributed by atoms with Crippen molar-refractivity contribution < 1.29 is 4.74 Å². The minimum absolute atomic E-state index is 0. The molecule has 0 bridgehead atoms. The molecule has 2 N–H and O–H groups in total. The van der Waals surface area contributed by atoms with E-state index < -0.39 is 0 Å². The van der Waals surface area contributed by atoms with Crippen LogP contribution in [0.2, 0.25) is 0 Å². The summed E-state index contributed by atoms with van der Waals surface area (Å²) in [6.45, 7) is 3.83. The fourth-order valence-electron chi connectivity index (χ4n) is 0.897. The number of nitrogens with two attached hydrogens (primary N) is 1. The highest BCUT2D eigenvalue weighted by Gasteiger charge is 2.16. The first-order valence-electron chi connectivity index (χ1n) is 3.14. The molecule has 0 amide bonds. The predicted molar refractivity (Wildman–Crippen MR) is 39.8 cm³/mol. The van der Waals surface area contributed by atoms with Gasteiger partial charge in [-0.1, -0.05) is 6.92 Å². The molecule has 0 aromatic rings. The maximum atomic E-state index is 5.70. The molecule has 1 fully saturated rings. The first-order valence-corrected chi connectivity index (χ1v) is 3.14. The van der Waals surface area contributed by atoms with Gasteiger partial charge in [-0.25, -0.2) is 0 Å². The lowest BCUT2D eigenvalue weighted by Gasteiger charge is -2.24. The first-order chi connectivity index (χ1) is 3.80. The molecule has 0 spiro atoms. The highest BCUT2D eigenvalue weighted by Crippen LogP contribution is 2.10. The van der Waals surface area contributed by atoms with E-state index in [9.17, 15) is 0 Å². The molecule has 2 nitrogen and oxygen atoms in total. The molecule has 1 rings (SSSR count). The fraction of sp³-hybridized carbons (Fsp3) is 1.00. The van der Waals surface area contributed by atoms with Gasteiger partial charge in [0, 0.05) is 12.6 Å². The Bertz CT molecular complexity index is 69.5. The van der Waals surface area contributed by atoms with Crippen LogP contribution in [-0.4, -0.2) is 19.3 Å². The quantitative estimate of drug-likeness (QED) is 0.556. The zero-order valence-corrected chi connectivity index (χ0v) is 6.49. The van der Waals surface area contributed by atoms with Gasteiger partial charge in [0.1, 0.15) is 0 Å². The van der Waals surface area contributed by atoms with Crippen LogP contribution >= 0.6 is 12.4 Å². The normalized spacial score (nSPS) is 35.3. The maximum Gasteiger partial charge on any atom is 0.0506 e. The van der Waals surface area contributed by atoms with Crippen molar-refractivity contribution in [1.29, 1.82) is 0 Å². The SMILES string of the molecule is C[C@H]1COCC[C@@H]1N.Cl. The lowest BCUT2D eigenvalue weighted by atomic mass is 9.99. The van der Waals surface area contributed by atoms with Crippen LogP contribution in [0, 0.1) is 5.92 Å². The second-order valence-corrected chi connectivity index (χ2v) is 2.50. The highest BCUT2D eigenvalue weighted by atomic mass is 35.5. The lowest BCUT2D eigenvalue weighted by Crippen LogP contribution is -2.36. The van der Waals surface area contributed by atoms with Crippen molar-refractivity contribution in [3.63, 3.8) is 0 Å². The van der Waals surface area contributed by atoms with Crippen LogP contribution in [0.3, 0.4) is 0 Å². The van der Waals surface area contributed by atoms with Gasteiger partial charge in [-0.15, -0.1) is 12.4 Å². The fourth-order valence-corrected chi connectivity index (χ4v) is 0.897. The Hall–Kier alpha value is 0.210. The van der Waals surface area contributed by atoms with Crippen LogP contribution in [0.1, 0.15) is 13.3 Å². The van der Waals surface area contributed by atoms with Gasteiger partial charge in [-0.05, 0) is 12.3 Å². The average molecular weight is 152 g/mol. The summed E-state index contributed by atoms with van der Waals surface area (Å²) < 4.78 is 5.17. The van der Waals surface area contributed by atoms with Crippen molar-refractivity contribution >= 4 is 12.4 Å². The Morgan fingerprint density at radius 3 is 2.56 bits per heavy atom. The molecule has 0 aliphatic carbocycles. The smallest absolute Gasteiger partial charge is 0.0506 e. The third kappa shape index (κ3) is 2.52. The highest BCUT2D eigenvalue weighted by molar-refractivity contribution is 5.85. The van der Waals surface area contributed by atoms with Crippen LogP contribution in [0.25, 0.3) is 0 Å². The van der Waals surface area contributed by atoms with E-state index in [0.717, 1.165) is 19.6 Å². The summed E-state index contributed by atoms with van der Waals surface area (Å²) in [6.07, 6.45) is 1.03. The molecule has 1 aliphatic rings. The van der Waals surface area contributed by atoms with Crippen LogP contribution in [0.5, 0.6) is 0 Å². The summed E-state index contributed by atoms with van der Waals surface area (Å²) in [4.78, 5) is 0. The molecule has 1 saturated heterocycles. The van der Waals surface area contributed by atoms with Gasteiger partial charge in [0.05, 0.1) is 6.61 Å². The summed E-state index contributed by atoms with van der Waals surface area (Å²) in [6, 6.07) is 0.378. The minimum Gasteiger partial charge on any atom is -0.381 e. The molecule has 0 radical (unpaired) electrons. The third-order valence-corrected chi connectivity index (χ3v) is 1.71. The Morgan fingerprint density at radius 1 is 1.56 bits per heavy atom. The van der Waals surface area contributed by atoms with E-state index in [1.807, 2.05) is 0 Å². The van der Waals surface area contributed by atoms with E-state index in [2.05, 4.69) is 6.92 Å². The monoisotopic (exact) mass is 151 g/mol. The van der Waals surface area contributed by atoms with Crippen LogP contribution in [0.15, 0.2) is 0 Å². The van der Waals surface area contributed by atoms with Crippen molar-refractivity contribution in [2.45, 2.75) is 19.4 Å². The average Bonchev–Trinajstić information content (AvgIpc) is 1.77. The number of halogens is 1. The molecule has 0 aromatic carbocycles. The summed E-state index contributed by atoms with van der Waals surface area (Å²) in [5.41, 5.74) is 5.70. The Morgan fingerprint density at radius 2 is 2.22 bits per heavy atom. The lowest BCUT2D eigenvalue weighted by molar-refractivity contribution is 0.0491. The van der Waals surface area contributed by atoms with Gasteiger partial charge in [-0.2, -0.15) is 0 Å². The Balaban J connectivity index is 0.000000640. The van der Waals surface area contributed by atoms with Crippen molar-refractivity contribution in [1.82, 2.24) is 0 Å². The van der Waals surface area contributed by atoms with Crippen molar-refractivity contribution in [2.24, 2.45) is 11.7 Å². The summed E-state index contributed by atoms with van der Waals surface area (Å²) in [5.74, 6) is 0.559. The second kappa shape index (κ2) is 4.09. The van der Waals surface area contributed by atoms with E-state index in [-0.39, 0.29) is 12.4 Å². The van der Waals surface area contributed by atoms with E-state index in [1.165, 1.54) is 0 Å². The van der Waals surface area contributed by atoms with Gasteiger partial charge in [-0.3, -0.25) is 0 Å². The summed E-state index contributed by atoms with van der Waals surface area (Å²) >= 11 is 0. The topological polar surface area (TPSA) is 35.2 Å². The second-order valence-electron chi connectivity index (χ2n) is 2.50. The summed E-state index contributed by atoms with van der Waals surface area (Å²) in [7, 11) is 0. The standard InChI is InChI=1S/C6H13NO.ClH/c1-5-4-8-3-2-6(5)7;/h5-6H,2-4,7H2,1H3;1H/t5-,6-;/m0./s1. The molecule has 1 aliphatic heterocycles. The van der Waals surface area contributed by atoms with Gasteiger partial charge in [0.25, 0.3) is 0 Å². The molecule has 56 valence electrons. The van der Waals surface area contributed by atoms with Gasteiger partial charge >= 0.3 is 0 Å². The number of hydrogen-bond donors (Lipinski definition) is 1. The molecule has 3 heteroatoms. The van der Waals surface area contributed by atoms with Gasteiger partial charge in [0.2, 0.25) is 0 Å². The van der Waals surface area contributed by atoms with Crippen LogP contribution in [0.4, 0.5) is 0 Å².